The molecule has 0 atom stereocenters. The van der Waals surface area contributed by atoms with Crippen LogP contribution < -0.4 is 5.32 Å². The number of hydrogen-bond donors (Lipinski definition) is 2. The number of H-pyrrole nitrogens is 1. The highest BCUT2D eigenvalue weighted by atomic mass is 15.1. The number of nitrogens with one attached hydrogen (secondary N) is 2. The number of rotatable bonds is 3. The molecule has 0 bridgehead atoms. The molecule has 1 aromatic heterocycles. The molecule has 0 amide bonds. The Hall–Kier alpha value is -1.61. The Kier molecular flexibility index (Phi) is 3.06. The lowest BCUT2D eigenvalue weighted by Crippen LogP contribution is -2.04. The van der Waals surface area contributed by atoms with E-state index in [1.807, 2.05) is 14.0 Å². The third kappa shape index (κ3) is 1.99. The molecule has 0 aliphatic rings. The molecule has 0 saturated carbocycles. The van der Waals surface area contributed by atoms with Crippen LogP contribution in [0.25, 0.3) is 11.1 Å². The van der Waals surface area contributed by atoms with Gasteiger partial charge in [0.25, 0.3) is 0 Å². The molecule has 0 unspecified atom stereocenters. The van der Waals surface area contributed by atoms with Gasteiger partial charge in [-0.3, -0.25) is 5.10 Å². The van der Waals surface area contributed by atoms with E-state index in [-0.39, 0.29) is 0 Å². The predicted molar refractivity (Wildman–Crippen MR) is 66.3 cm³/mol. The Morgan fingerprint density at radius 2 is 1.88 bits per heavy atom. The molecule has 16 heavy (non-hydrogen) atoms. The molecular weight excluding hydrogens is 198 g/mol. The number of nitrogens with zero attached hydrogens (tertiary/aromatic N) is 1. The van der Waals surface area contributed by atoms with E-state index in [4.69, 9.17) is 0 Å². The third-order valence-corrected chi connectivity index (χ3v) is 2.75. The summed E-state index contributed by atoms with van der Waals surface area (Å²) in [5.41, 5.74) is 5.92. The van der Waals surface area contributed by atoms with E-state index >= 15 is 0 Å². The van der Waals surface area contributed by atoms with Gasteiger partial charge in [0.15, 0.2) is 0 Å². The number of aryl methyl sites for hydroxylation is 2. The SMILES string of the molecule is CNCc1ccc(-c2c(C)n[nH]c2C)cc1. The summed E-state index contributed by atoms with van der Waals surface area (Å²) in [7, 11) is 1.96. The van der Waals surface area contributed by atoms with Crippen molar-refractivity contribution in [2.75, 3.05) is 7.05 Å². The van der Waals surface area contributed by atoms with Crippen molar-refractivity contribution < 1.29 is 0 Å². The van der Waals surface area contributed by atoms with E-state index in [0.717, 1.165) is 17.9 Å². The lowest BCUT2D eigenvalue weighted by molar-refractivity contribution is 0.818. The Morgan fingerprint density at radius 3 is 2.38 bits per heavy atom. The van der Waals surface area contributed by atoms with Gasteiger partial charge in [0, 0.05) is 17.8 Å². The number of aromatic nitrogens is 2. The lowest BCUT2D eigenvalue weighted by Gasteiger charge is -2.04. The average molecular weight is 215 g/mol. The second-order valence-electron chi connectivity index (χ2n) is 4.04. The second-order valence-corrected chi connectivity index (χ2v) is 4.04. The first kappa shape index (κ1) is 10.9. The molecular formula is C13H17N3. The first-order valence-corrected chi connectivity index (χ1v) is 5.48. The maximum atomic E-state index is 4.21. The summed E-state index contributed by atoms with van der Waals surface area (Å²) in [4.78, 5) is 0. The Morgan fingerprint density at radius 1 is 1.19 bits per heavy atom. The molecule has 0 saturated heterocycles. The largest absolute Gasteiger partial charge is 0.316 e. The van der Waals surface area contributed by atoms with Crippen molar-refractivity contribution in [2.45, 2.75) is 20.4 Å². The molecule has 0 spiro atoms. The smallest absolute Gasteiger partial charge is 0.0672 e. The first-order valence-electron chi connectivity index (χ1n) is 5.48. The van der Waals surface area contributed by atoms with Gasteiger partial charge in [0.1, 0.15) is 0 Å². The summed E-state index contributed by atoms with van der Waals surface area (Å²) in [5, 5.41) is 10.4. The number of hydrogen-bond acceptors (Lipinski definition) is 2. The molecule has 0 radical (unpaired) electrons. The molecule has 1 aromatic carbocycles. The quantitative estimate of drug-likeness (QED) is 0.825. The van der Waals surface area contributed by atoms with Crippen molar-refractivity contribution in [1.29, 1.82) is 0 Å². The highest BCUT2D eigenvalue weighted by Gasteiger charge is 2.08. The minimum absolute atomic E-state index is 0.906. The van der Waals surface area contributed by atoms with Gasteiger partial charge in [-0.1, -0.05) is 24.3 Å². The van der Waals surface area contributed by atoms with Crippen LogP contribution in [0.4, 0.5) is 0 Å². The Balaban J connectivity index is 2.35. The monoisotopic (exact) mass is 215 g/mol. The Labute approximate surface area is 95.9 Å². The van der Waals surface area contributed by atoms with Crippen LogP contribution in [-0.2, 0) is 6.54 Å². The summed E-state index contributed by atoms with van der Waals surface area (Å²) in [5.74, 6) is 0. The number of benzene rings is 1. The third-order valence-electron chi connectivity index (χ3n) is 2.75. The van der Waals surface area contributed by atoms with Crippen molar-refractivity contribution >= 4 is 0 Å². The van der Waals surface area contributed by atoms with Crippen LogP contribution in [0.2, 0.25) is 0 Å². The normalized spacial score (nSPS) is 10.7. The van der Waals surface area contributed by atoms with Crippen LogP contribution >= 0.6 is 0 Å². The van der Waals surface area contributed by atoms with Gasteiger partial charge in [0.2, 0.25) is 0 Å². The van der Waals surface area contributed by atoms with Crippen LogP contribution in [0.15, 0.2) is 24.3 Å². The minimum atomic E-state index is 0.906. The lowest BCUT2D eigenvalue weighted by atomic mass is 10.0. The number of aromatic amines is 1. The molecule has 0 aliphatic heterocycles. The van der Waals surface area contributed by atoms with Crippen molar-refractivity contribution in [1.82, 2.24) is 15.5 Å². The molecule has 2 N–H and O–H groups in total. The molecule has 0 fully saturated rings. The van der Waals surface area contributed by atoms with Crippen molar-refractivity contribution in [3.05, 3.63) is 41.2 Å². The van der Waals surface area contributed by atoms with E-state index in [9.17, 15) is 0 Å². The van der Waals surface area contributed by atoms with E-state index in [1.165, 1.54) is 16.7 Å². The summed E-state index contributed by atoms with van der Waals surface area (Å²) in [6.07, 6.45) is 0. The molecule has 0 aliphatic carbocycles. The van der Waals surface area contributed by atoms with Crippen LogP contribution in [0.1, 0.15) is 17.0 Å². The fourth-order valence-electron chi connectivity index (χ4n) is 1.97. The maximum Gasteiger partial charge on any atom is 0.0672 e. The standard InChI is InChI=1S/C13H17N3/c1-9-13(10(2)16-15-9)12-6-4-11(5-7-12)8-14-3/h4-7,14H,8H2,1-3H3,(H,15,16). The molecule has 1 heterocycles. The summed E-state index contributed by atoms with van der Waals surface area (Å²) in [6.45, 7) is 4.99. The maximum absolute atomic E-state index is 4.21. The zero-order valence-corrected chi connectivity index (χ0v) is 9.96. The Bertz CT molecular complexity index is 449. The first-order chi connectivity index (χ1) is 7.72. The van der Waals surface area contributed by atoms with Gasteiger partial charge in [-0.2, -0.15) is 5.10 Å². The zero-order chi connectivity index (χ0) is 11.5. The van der Waals surface area contributed by atoms with Crippen LogP contribution in [0.3, 0.4) is 0 Å². The van der Waals surface area contributed by atoms with Crippen LogP contribution in [0, 0.1) is 13.8 Å². The fourth-order valence-corrected chi connectivity index (χ4v) is 1.97. The van der Waals surface area contributed by atoms with Gasteiger partial charge < -0.3 is 5.32 Å². The van der Waals surface area contributed by atoms with E-state index in [2.05, 4.69) is 46.7 Å². The van der Waals surface area contributed by atoms with E-state index in [0.29, 0.717) is 0 Å². The van der Waals surface area contributed by atoms with Gasteiger partial charge in [-0.15, -0.1) is 0 Å². The highest BCUT2D eigenvalue weighted by molar-refractivity contribution is 5.68. The highest BCUT2D eigenvalue weighted by Crippen LogP contribution is 2.25. The molecule has 84 valence electrons. The summed E-state index contributed by atoms with van der Waals surface area (Å²) < 4.78 is 0. The summed E-state index contributed by atoms with van der Waals surface area (Å²) >= 11 is 0. The van der Waals surface area contributed by atoms with Gasteiger partial charge in [-0.05, 0) is 32.0 Å². The summed E-state index contributed by atoms with van der Waals surface area (Å²) in [6, 6.07) is 8.60. The van der Waals surface area contributed by atoms with Gasteiger partial charge >= 0.3 is 0 Å². The molecule has 3 heteroatoms. The van der Waals surface area contributed by atoms with Gasteiger partial charge in [-0.25, -0.2) is 0 Å². The minimum Gasteiger partial charge on any atom is -0.316 e. The zero-order valence-electron chi connectivity index (χ0n) is 9.96. The van der Waals surface area contributed by atoms with Crippen molar-refractivity contribution in [2.24, 2.45) is 0 Å². The van der Waals surface area contributed by atoms with Gasteiger partial charge in [0.05, 0.1) is 5.69 Å². The molecule has 3 nitrogen and oxygen atoms in total. The topological polar surface area (TPSA) is 40.7 Å². The van der Waals surface area contributed by atoms with Crippen molar-refractivity contribution in [3.8, 4) is 11.1 Å². The second kappa shape index (κ2) is 4.49. The van der Waals surface area contributed by atoms with Crippen LogP contribution in [-0.4, -0.2) is 17.2 Å². The van der Waals surface area contributed by atoms with Crippen LogP contribution in [0.5, 0.6) is 0 Å². The predicted octanol–water partition coefficient (Wildman–Crippen LogP) is 2.41. The average Bonchev–Trinajstić information content (AvgIpc) is 2.61. The molecule has 2 aromatic rings. The fraction of sp³-hybridized carbons (Fsp3) is 0.308. The van der Waals surface area contributed by atoms with E-state index in [1.54, 1.807) is 0 Å². The van der Waals surface area contributed by atoms with E-state index < -0.39 is 0 Å². The molecule has 2 rings (SSSR count). The van der Waals surface area contributed by atoms with Crippen molar-refractivity contribution in [3.63, 3.8) is 0 Å².